The van der Waals surface area contributed by atoms with E-state index in [0.717, 1.165) is 24.9 Å². The number of rotatable bonds is 7. The summed E-state index contributed by atoms with van der Waals surface area (Å²) in [7, 11) is 0. The van der Waals surface area contributed by atoms with Crippen molar-refractivity contribution in [2.75, 3.05) is 13.1 Å². The van der Waals surface area contributed by atoms with Crippen LogP contribution in [0.3, 0.4) is 0 Å². The van der Waals surface area contributed by atoms with Crippen molar-refractivity contribution >= 4 is 11.9 Å². The highest BCUT2D eigenvalue weighted by molar-refractivity contribution is 5.81. The zero-order chi connectivity index (χ0) is 18.2. The number of urea groups is 1. The third-order valence-corrected chi connectivity index (χ3v) is 4.58. The van der Waals surface area contributed by atoms with E-state index in [0.29, 0.717) is 19.5 Å². The average molecular weight is 351 g/mol. The molecule has 1 atom stereocenters. The van der Waals surface area contributed by atoms with Crippen molar-refractivity contribution in [2.24, 2.45) is 0 Å². The van der Waals surface area contributed by atoms with Gasteiger partial charge in [0.15, 0.2) is 0 Å². The summed E-state index contributed by atoms with van der Waals surface area (Å²) in [5.74, 6) is 0.117. The minimum absolute atomic E-state index is 0.116. The number of nitrogens with zero attached hydrogens (tertiary/aromatic N) is 1. The average Bonchev–Trinajstić information content (AvgIpc) is 3.01. The SMILES string of the molecule is O=C(NCc1ccccc1)N[C@@H]1CC(=O)N(CCCc2ccccc2)C1. The fourth-order valence-electron chi connectivity index (χ4n) is 3.22. The number of carbonyl (C=O) groups is 2. The standard InChI is InChI=1S/C21H25N3O2/c25-20-14-19(23-21(26)22-15-18-10-5-2-6-11-18)16-24(20)13-7-12-17-8-3-1-4-9-17/h1-6,8-11,19H,7,12-16H2,(H2,22,23,26)/t19-/m1/s1. The summed E-state index contributed by atoms with van der Waals surface area (Å²) in [5.41, 5.74) is 2.33. The van der Waals surface area contributed by atoms with Gasteiger partial charge in [-0.05, 0) is 24.0 Å². The first-order valence-electron chi connectivity index (χ1n) is 9.11. The predicted molar refractivity (Wildman–Crippen MR) is 102 cm³/mol. The van der Waals surface area contributed by atoms with Crippen LogP contribution in [0.4, 0.5) is 4.79 Å². The van der Waals surface area contributed by atoms with Crippen molar-refractivity contribution in [3.8, 4) is 0 Å². The zero-order valence-corrected chi connectivity index (χ0v) is 14.9. The molecule has 2 aromatic rings. The first kappa shape index (κ1) is 18.0. The van der Waals surface area contributed by atoms with Crippen molar-refractivity contribution in [1.82, 2.24) is 15.5 Å². The lowest BCUT2D eigenvalue weighted by Gasteiger charge is -2.17. The molecule has 1 fully saturated rings. The van der Waals surface area contributed by atoms with E-state index in [1.54, 1.807) is 0 Å². The van der Waals surface area contributed by atoms with E-state index in [1.165, 1.54) is 5.56 Å². The second kappa shape index (κ2) is 9.04. The predicted octanol–water partition coefficient (Wildman–Crippen LogP) is 2.72. The van der Waals surface area contributed by atoms with Crippen LogP contribution >= 0.6 is 0 Å². The maximum Gasteiger partial charge on any atom is 0.315 e. The Morgan fingerprint density at radius 1 is 1.00 bits per heavy atom. The van der Waals surface area contributed by atoms with E-state index >= 15 is 0 Å². The largest absolute Gasteiger partial charge is 0.341 e. The maximum atomic E-state index is 12.1. The molecule has 3 rings (SSSR count). The van der Waals surface area contributed by atoms with Crippen LogP contribution in [0.15, 0.2) is 60.7 Å². The molecule has 2 N–H and O–H groups in total. The van der Waals surface area contributed by atoms with Crippen molar-refractivity contribution in [2.45, 2.75) is 31.8 Å². The molecule has 0 aromatic heterocycles. The second-order valence-electron chi connectivity index (χ2n) is 6.64. The molecule has 1 aliphatic heterocycles. The fourth-order valence-corrected chi connectivity index (χ4v) is 3.22. The minimum atomic E-state index is -0.224. The van der Waals surface area contributed by atoms with Crippen LogP contribution in [-0.4, -0.2) is 36.0 Å². The van der Waals surface area contributed by atoms with Gasteiger partial charge in [0.05, 0.1) is 6.04 Å². The summed E-state index contributed by atoms with van der Waals surface area (Å²) < 4.78 is 0. The Hall–Kier alpha value is -2.82. The first-order valence-corrected chi connectivity index (χ1v) is 9.11. The summed E-state index contributed by atoms with van der Waals surface area (Å²) in [6.45, 7) is 1.80. The van der Waals surface area contributed by atoms with Crippen LogP contribution in [0.2, 0.25) is 0 Å². The number of hydrogen-bond acceptors (Lipinski definition) is 2. The molecule has 1 aliphatic rings. The van der Waals surface area contributed by atoms with Gasteiger partial charge in [0.1, 0.15) is 0 Å². The molecule has 1 saturated heterocycles. The Bertz CT molecular complexity index is 719. The third-order valence-electron chi connectivity index (χ3n) is 4.58. The topological polar surface area (TPSA) is 61.4 Å². The number of hydrogen-bond donors (Lipinski definition) is 2. The monoisotopic (exact) mass is 351 g/mol. The van der Waals surface area contributed by atoms with Crippen LogP contribution in [-0.2, 0) is 17.8 Å². The minimum Gasteiger partial charge on any atom is -0.341 e. The van der Waals surface area contributed by atoms with Gasteiger partial charge in [0.25, 0.3) is 0 Å². The lowest BCUT2D eigenvalue weighted by atomic mass is 10.1. The van der Waals surface area contributed by atoms with Gasteiger partial charge in [-0.1, -0.05) is 60.7 Å². The van der Waals surface area contributed by atoms with Crippen molar-refractivity contribution in [3.05, 3.63) is 71.8 Å². The Balaban J connectivity index is 1.37. The van der Waals surface area contributed by atoms with Crippen LogP contribution in [0.25, 0.3) is 0 Å². The lowest BCUT2D eigenvalue weighted by Crippen LogP contribution is -2.43. The van der Waals surface area contributed by atoms with Crippen LogP contribution in [0, 0.1) is 0 Å². The number of benzene rings is 2. The molecule has 26 heavy (non-hydrogen) atoms. The van der Waals surface area contributed by atoms with Gasteiger partial charge in [-0.2, -0.15) is 0 Å². The lowest BCUT2D eigenvalue weighted by molar-refractivity contribution is -0.127. The highest BCUT2D eigenvalue weighted by atomic mass is 16.2. The maximum absolute atomic E-state index is 12.1. The van der Waals surface area contributed by atoms with E-state index in [-0.39, 0.29) is 18.0 Å². The fraction of sp³-hybridized carbons (Fsp3) is 0.333. The molecule has 5 nitrogen and oxygen atoms in total. The number of aryl methyl sites for hydroxylation is 1. The number of likely N-dealkylation sites (tertiary alicyclic amines) is 1. The molecule has 0 radical (unpaired) electrons. The molecular formula is C21H25N3O2. The molecule has 0 saturated carbocycles. The molecule has 0 unspecified atom stereocenters. The van der Waals surface area contributed by atoms with E-state index in [4.69, 9.17) is 0 Å². The van der Waals surface area contributed by atoms with E-state index in [9.17, 15) is 9.59 Å². The van der Waals surface area contributed by atoms with Gasteiger partial charge in [-0.25, -0.2) is 4.79 Å². The Morgan fingerprint density at radius 3 is 2.35 bits per heavy atom. The van der Waals surface area contributed by atoms with Gasteiger partial charge in [-0.3, -0.25) is 4.79 Å². The quantitative estimate of drug-likeness (QED) is 0.806. The Labute approximate surface area is 154 Å². The van der Waals surface area contributed by atoms with Gasteiger partial charge in [0, 0.05) is 26.1 Å². The van der Waals surface area contributed by atoms with Crippen molar-refractivity contribution in [3.63, 3.8) is 0 Å². The number of nitrogens with one attached hydrogen (secondary N) is 2. The number of carbonyl (C=O) groups excluding carboxylic acids is 2. The summed E-state index contributed by atoms with van der Waals surface area (Å²) in [6, 6.07) is 19.7. The van der Waals surface area contributed by atoms with E-state index in [2.05, 4.69) is 22.8 Å². The van der Waals surface area contributed by atoms with Crippen molar-refractivity contribution in [1.29, 1.82) is 0 Å². The molecule has 136 valence electrons. The van der Waals surface area contributed by atoms with Gasteiger partial charge in [-0.15, -0.1) is 0 Å². The van der Waals surface area contributed by atoms with Gasteiger partial charge >= 0.3 is 6.03 Å². The zero-order valence-electron chi connectivity index (χ0n) is 14.9. The highest BCUT2D eigenvalue weighted by Crippen LogP contribution is 2.13. The Morgan fingerprint density at radius 2 is 1.65 bits per heavy atom. The van der Waals surface area contributed by atoms with Gasteiger partial charge in [0.2, 0.25) is 5.91 Å². The normalized spacial score (nSPS) is 16.5. The summed E-state index contributed by atoms with van der Waals surface area (Å²) in [5, 5.41) is 5.75. The van der Waals surface area contributed by atoms with E-state index < -0.39 is 0 Å². The van der Waals surface area contributed by atoms with Crippen LogP contribution in [0.1, 0.15) is 24.0 Å². The van der Waals surface area contributed by atoms with E-state index in [1.807, 2.05) is 53.4 Å². The third kappa shape index (κ3) is 5.34. The van der Waals surface area contributed by atoms with Crippen molar-refractivity contribution < 1.29 is 9.59 Å². The van der Waals surface area contributed by atoms with Gasteiger partial charge < -0.3 is 15.5 Å². The number of amides is 3. The molecule has 3 amide bonds. The molecule has 5 heteroatoms. The molecular weight excluding hydrogens is 326 g/mol. The summed E-state index contributed by atoms with van der Waals surface area (Å²) in [4.78, 5) is 26.0. The molecule has 0 spiro atoms. The highest BCUT2D eigenvalue weighted by Gasteiger charge is 2.29. The smallest absolute Gasteiger partial charge is 0.315 e. The molecule has 2 aromatic carbocycles. The molecule has 0 bridgehead atoms. The summed E-state index contributed by atoms with van der Waals surface area (Å²) >= 11 is 0. The summed E-state index contributed by atoms with van der Waals surface area (Å²) in [6.07, 6.45) is 2.27. The first-order chi connectivity index (χ1) is 12.7. The second-order valence-corrected chi connectivity index (χ2v) is 6.64. The van der Waals surface area contributed by atoms with Crippen LogP contribution in [0.5, 0.6) is 0 Å². The Kier molecular flexibility index (Phi) is 6.25. The molecule has 0 aliphatic carbocycles. The molecule has 1 heterocycles. The van der Waals surface area contributed by atoms with Crippen LogP contribution < -0.4 is 10.6 Å².